The van der Waals surface area contributed by atoms with E-state index in [2.05, 4.69) is 77.8 Å². The van der Waals surface area contributed by atoms with Crippen molar-refractivity contribution in [3.8, 4) is 0 Å². The van der Waals surface area contributed by atoms with Gasteiger partial charge in [0.25, 0.3) is 0 Å². The van der Waals surface area contributed by atoms with Crippen LogP contribution in [0.5, 0.6) is 0 Å². The monoisotopic (exact) mass is 282 g/mol. The fourth-order valence-electron chi connectivity index (χ4n) is 3.41. The summed E-state index contributed by atoms with van der Waals surface area (Å²) >= 11 is 0. The fraction of sp³-hybridized carbons (Fsp3) is 0.0500. The molecule has 0 saturated carbocycles. The van der Waals surface area contributed by atoms with Gasteiger partial charge < -0.3 is 4.98 Å². The molecule has 1 heterocycles. The third kappa shape index (κ3) is 1.52. The van der Waals surface area contributed by atoms with Crippen molar-refractivity contribution in [1.29, 1.82) is 0 Å². The molecule has 0 aliphatic heterocycles. The molecule has 2 nitrogen and oxygen atoms in total. The molecular weight excluding hydrogens is 268 g/mol. The van der Waals surface area contributed by atoms with Gasteiger partial charge in [-0.25, -0.2) is 4.98 Å². The fourth-order valence-corrected chi connectivity index (χ4v) is 3.41. The first-order chi connectivity index (χ1) is 10.9. The molecule has 5 rings (SSSR count). The Bertz CT molecular complexity index is 998. The van der Waals surface area contributed by atoms with E-state index in [4.69, 9.17) is 4.98 Å². The summed E-state index contributed by atoms with van der Waals surface area (Å²) in [6, 6.07) is 17.1. The number of aromatic amines is 1. The van der Waals surface area contributed by atoms with Crippen molar-refractivity contribution in [2.75, 3.05) is 0 Å². The zero-order valence-electron chi connectivity index (χ0n) is 12.0. The first-order valence-electron chi connectivity index (χ1n) is 7.56. The summed E-state index contributed by atoms with van der Waals surface area (Å²) in [6.45, 7) is 0. The Hall–Kier alpha value is -2.87. The van der Waals surface area contributed by atoms with Crippen molar-refractivity contribution in [2.45, 2.75) is 5.92 Å². The molecule has 0 atom stereocenters. The second-order valence-corrected chi connectivity index (χ2v) is 5.73. The van der Waals surface area contributed by atoms with Gasteiger partial charge >= 0.3 is 0 Å². The van der Waals surface area contributed by atoms with E-state index in [0.717, 1.165) is 16.9 Å². The van der Waals surface area contributed by atoms with E-state index in [-0.39, 0.29) is 5.92 Å². The van der Waals surface area contributed by atoms with E-state index in [1.54, 1.807) is 0 Å². The lowest BCUT2D eigenvalue weighted by Crippen LogP contribution is -1.90. The molecular formula is C20H14N2. The predicted octanol–water partition coefficient (Wildman–Crippen LogP) is 5.08. The number of fused-ring (bicyclic) bond motifs is 6. The first-order valence-corrected chi connectivity index (χ1v) is 7.56. The summed E-state index contributed by atoms with van der Waals surface area (Å²) in [5.41, 5.74) is 2.20. The van der Waals surface area contributed by atoms with Gasteiger partial charge in [-0.2, -0.15) is 0 Å². The molecule has 0 amide bonds. The van der Waals surface area contributed by atoms with E-state index < -0.39 is 0 Å². The van der Waals surface area contributed by atoms with Crippen LogP contribution in [-0.4, -0.2) is 9.97 Å². The quantitative estimate of drug-likeness (QED) is 0.485. The van der Waals surface area contributed by atoms with Crippen molar-refractivity contribution in [3.05, 3.63) is 78.7 Å². The number of benzene rings is 3. The van der Waals surface area contributed by atoms with Gasteiger partial charge in [0.05, 0.1) is 17.0 Å². The van der Waals surface area contributed by atoms with Crippen molar-refractivity contribution in [3.63, 3.8) is 0 Å². The van der Waals surface area contributed by atoms with Crippen molar-refractivity contribution in [2.24, 2.45) is 0 Å². The van der Waals surface area contributed by atoms with Crippen molar-refractivity contribution >= 4 is 32.6 Å². The van der Waals surface area contributed by atoms with E-state index >= 15 is 0 Å². The smallest absolute Gasteiger partial charge is 0.118 e. The summed E-state index contributed by atoms with van der Waals surface area (Å²) < 4.78 is 0. The molecule has 0 radical (unpaired) electrons. The number of allylic oxidation sites excluding steroid dienone is 4. The second-order valence-electron chi connectivity index (χ2n) is 5.73. The van der Waals surface area contributed by atoms with E-state index in [0.29, 0.717) is 0 Å². The lowest BCUT2D eigenvalue weighted by molar-refractivity contribution is 0.972. The van der Waals surface area contributed by atoms with Crippen LogP contribution in [0, 0.1) is 0 Å². The maximum Gasteiger partial charge on any atom is 0.118 e. The molecule has 3 aromatic carbocycles. The van der Waals surface area contributed by atoms with Crippen LogP contribution >= 0.6 is 0 Å². The van der Waals surface area contributed by atoms with Crippen LogP contribution in [-0.2, 0) is 0 Å². The number of nitrogens with zero attached hydrogens (tertiary/aromatic N) is 1. The van der Waals surface area contributed by atoms with Crippen LogP contribution in [0.4, 0.5) is 0 Å². The van der Waals surface area contributed by atoms with E-state index in [1.165, 1.54) is 21.5 Å². The SMILES string of the molecule is C1=CC(c2nc3c4ccccc4c4ccccc4c3[nH]2)C=C1. The Morgan fingerprint density at radius 3 is 2.05 bits per heavy atom. The largest absolute Gasteiger partial charge is 0.341 e. The van der Waals surface area contributed by atoms with Gasteiger partial charge in [0.15, 0.2) is 0 Å². The molecule has 0 saturated heterocycles. The molecule has 104 valence electrons. The minimum Gasteiger partial charge on any atom is -0.341 e. The molecule has 0 fully saturated rings. The highest BCUT2D eigenvalue weighted by Gasteiger charge is 2.16. The lowest BCUT2D eigenvalue weighted by atomic mass is 10.0. The highest BCUT2D eigenvalue weighted by atomic mass is 14.9. The number of imidazole rings is 1. The Labute approximate surface area is 127 Å². The number of hydrogen-bond donors (Lipinski definition) is 1. The minimum atomic E-state index is 0.255. The van der Waals surface area contributed by atoms with Crippen LogP contribution in [0.15, 0.2) is 72.8 Å². The molecule has 2 heteroatoms. The van der Waals surface area contributed by atoms with Crippen molar-refractivity contribution in [1.82, 2.24) is 9.97 Å². The summed E-state index contributed by atoms with van der Waals surface area (Å²) in [5.74, 6) is 1.27. The maximum atomic E-state index is 4.91. The molecule has 0 bridgehead atoms. The molecule has 0 spiro atoms. The third-order valence-electron chi connectivity index (χ3n) is 4.45. The molecule has 1 aliphatic rings. The number of nitrogens with one attached hydrogen (secondary N) is 1. The van der Waals surface area contributed by atoms with Gasteiger partial charge in [0.1, 0.15) is 5.82 Å². The van der Waals surface area contributed by atoms with Crippen LogP contribution in [0.3, 0.4) is 0 Å². The number of H-pyrrole nitrogens is 1. The van der Waals surface area contributed by atoms with Crippen LogP contribution in [0.1, 0.15) is 11.7 Å². The Morgan fingerprint density at radius 2 is 1.32 bits per heavy atom. The van der Waals surface area contributed by atoms with Gasteiger partial charge in [-0.05, 0) is 10.8 Å². The molecule has 4 aromatic rings. The van der Waals surface area contributed by atoms with Gasteiger partial charge in [0, 0.05) is 10.8 Å². The van der Waals surface area contributed by atoms with Crippen LogP contribution in [0.2, 0.25) is 0 Å². The first kappa shape index (κ1) is 11.8. The van der Waals surface area contributed by atoms with Gasteiger partial charge in [0.2, 0.25) is 0 Å². The normalized spacial score (nSPS) is 14.7. The van der Waals surface area contributed by atoms with Gasteiger partial charge in [-0.3, -0.25) is 0 Å². The van der Waals surface area contributed by atoms with Gasteiger partial charge in [-0.15, -0.1) is 0 Å². The molecule has 22 heavy (non-hydrogen) atoms. The van der Waals surface area contributed by atoms with Crippen LogP contribution in [0.25, 0.3) is 32.6 Å². The zero-order valence-corrected chi connectivity index (χ0v) is 12.0. The summed E-state index contributed by atoms with van der Waals surface area (Å²) in [4.78, 5) is 8.47. The average Bonchev–Trinajstić information content (AvgIpc) is 3.24. The third-order valence-corrected chi connectivity index (χ3v) is 4.45. The summed E-state index contributed by atoms with van der Waals surface area (Å²) in [6.07, 6.45) is 8.49. The number of rotatable bonds is 1. The molecule has 1 N–H and O–H groups in total. The lowest BCUT2D eigenvalue weighted by Gasteiger charge is -2.05. The second kappa shape index (κ2) is 4.31. The highest BCUT2D eigenvalue weighted by Crippen LogP contribution is 2.35. The summed E-state index contributed by atoms with van der Waals surface area (Å²) in [5, 5.41) is 4.99. The average molecular weight is 282 g/mol. The minimum absolute atomic E-state index is 0.255. The van der Waals surface area contributed by atoms with Crippen molar-refractivity contribution < 1.29 is 0 Å². The number of aromatic nitrogens is 2. The van der Waals surface area contributed by atoms with E-state index in [9.17, 15) is 0 Å². The predicted molar refractivity (Wildman–Crippen MR) is 92.1 cm³/mol. The molecule has 0 unspecified atom stereocenters. The highest BCUT2D eigenvalue weighted by molar-refractivity contribution is 6.23. The van der Waals surface area contributed by atoms with E-state index in [1.807, 2.05) is 0 Å². The maximum absolute atomic E-state index is 4.91. The Balaban J connectivity index is 1.98. The zero-order chi connectivity index (χ0) is 14.5. The Kier molecular flexibility index (Phi) is 2.30. The molecule has 1 aliphatic carbocycles. The standard InChI is InChI=1S/C20H14N2/c1-2-8-13(7-1)20-21-18-16-11-5-3-9-14(16)15-10-4-6-12-17(15)19(18)22-20/h1-13H,(H,21,22). The van der Waals surface area contributed by atoms with Crippen LogP contribution < -0.4 is 0 Å². The number of hydrogen-bond acceptors (Lipinski definition) is 1. The molecule has 1 aromatic heterocycles. The Morgan fingerprint density at radius 1 is 0.727 bits per heavy atom. The van der Waals surface area contributed by atoms with Gasteiger partial charge in [-0.1, -0.05) is 72.8 Å². The summed E-state index contributed by atoms with van der Waals surface area (Å²) in [7, 11) is 0. The topological polar surface area (TPSA) is 28.7 Å².